The van der Waals surface area contributed by atoms with Crippen LogP contribution in [0.4, 0.5) is 0 Å². The number of halogens is 1. The number of amides is 3. The number of likely N-dealkylation sites (tertiary alicyclic amines) is 1. The topological polar surface area (TPSA) is 125 Å². The Kier molecular flexibility index (Phi) is 9.73. The van der Waals surface area contributed by atoms with Gasteiger partial charge in [0.1, 0.15) is 24.4 Å². The first kappa shape index (κ1) is 32.9. The van der Waals surface area contributed by atoms with Crippen LogP contribution in [0.25, 0.3) is 0 Å². The molecule has 6 rings (SSSR count). The van der Waals surface area contributed by atoms with Gasteiger partial charge in [-0.3, -0.25) is 19.2 Å². The predicted molar refractivity (Wildman–Crippen MR) is 173 cm³/mol. The Morgan fingerprint density at radius 1 is 1.04 bits per heavy atom. The van der Waals surface area contributed by atoms with Gasteiger partial charge in [0.25, 0.3) is 0 Å². The molecular weight excluding hydrogens is 654 g/mol. The van der Waals surface area contributed by atoms with E-state index in [1.165, 1.54) is 4.90 Å². The monoisotopic (exact) mass is 697 g/mol. The summed E-state index contributed by atoms with van der Waals surface area (Å²) in [5.41, 5.74) is -0.632. The van der Waals surface area contributed by atoms with Crippen molar-refractivity contribution in [3.63, 3.8) is 0 Å². The minimum Gasteiger partial charge on any atom is -0.463 e. The maximum absolute atomic E-state index is 15.0. The number of nitrogens with zero attached hydrogens (tertiary/aromatic N) is 2. The van der Waals surface area contributed by atoms with Gasteiger partial charge < -0.3 is 29.7 Å². The third-order valence-electron chi connectivity index (χ3n) is 10.4. The number of nitrogens with one attached hydrogen (secondary N) is 1. The first-order valence-electron chi connectivity index (χ1n) is 16.6. The van der Waals surface area contributed by atoms with Crippen LogP contribution in [0.15, 0.2) is 53.0 Å². The maximum Gasteiger partial charge on any atom is 0.306 e. The Morgan fingerprint density at radius 2 is 1.78 bits per heavy atom. The molecule has 4 heterocycles. The van der Waals surface area contributed by atoms with Crippen LogP contribution in [-0.2, 0) is 28.7 Å². The van der Waals surface area contributed by atoms with E-state index in [9.17, 15) is 19.5 Å². The summed E-state index contributed by atoms with van der Waals surface area (Å²) >= 11 is 3.63. The fourth-order valence-electron chi connectivity index (χ4n) is 8.11. The van der Waals surface area contributed by atoms with Gasteiger partial charge in [0.2, 0.25) is 17.7 Å². The van der Waals surface area contributed by atoms with Gasteiger partial charge in [-0.1, -0.05) is 91.5 Å². The lowest BCUT2D eigenvalue weighted by atomic mass is 9.73. The third kappa shape index (κ3) is 5.83. The lowest BCUT2D eigenvalue weighted by molar-refractivity contribution is -0.153. The van der Waals surface area contributed by atoms with Crippen LogP contribution in [-0.4, -0.2) is 88.2 Å². The number of allylic oxidation sites excluding steroid dienone is 1. The Bertz CT molecular complexity index is 1390. The Labute approximate surface area is 278 Å². The van der Waals surface area contributed by atoms with E-state index in [1.54, 1.807) is 0 Å². The van der Waals surface area contributed by atoms with Crippen molar-refractivity contribution in [2.75, 3.05) is 19.8 Å². The smallest absolute Gasteiger partial charge is 0.306 e. The van der Waals surface area contributed by atoms with Crippen LogP contribution in [0.5, 0.6) is 0 Å². The molecule has 7 atom stereocenters. The van der Waals surface area contributed by atoms with E-state index in [-0.39, 0.29) is 49.4 Å². The number of benzene rings is 1. The van der Waals surface area contributed by atoms with Crippen molar-refractivity contribution in [3.05, 3.63) is 58.6 Å². The quantitative estimate of drug-likeness (QED) is 0.354. The number of carbonyl (C=O) groups is 4. The second-order valence-electron chi connectivity index (χ2n) is 13.5. The molecule has 46 heavy (non-hydrogen) atoms. The number of ether oxygens (including phenoxy) is 2. The molecule has 1 saturated carbocycles. The van der Waals surface area contributed by atoms with Crippen LogP contribution in [0, 0.1) is 17.8 Å². The number of aliphatic hydroxyl groups is 1. The van der Waals surface area contributed by atoms with E-state index in [1.807, 2.05) is 67.3 Å². The number of cyclic esters (lactones) is 1. The summed E-state index contributed by atoms with van der Waals surface area (Å²) in [6, 6.07) is 6.88. The van der Waals surface area contributed by atoms with Gasteiger partial charge >= 0.3 is 5.97 Å². The number of hydrogen-bond donors (Lipinski definition) is 2. The zero-order valence-electron chi connectivity index (χ0n) is 26.5. The average Bonchev–Trinajstić information content (AvgIpc) is 3.64. The van der Waals surface area contributed by atoms with E-state index >= 15 is 4.79 Å². The van der Waals surface area contributed by atoms with Gasteiger partial charge in [0, 0.05) is 23.5 Å². The van der Waals surface area contributed by atoms with Crippen molar-refractivity contribution in [2.24, 2.45) is 17.8 Å². The lowest BCUT2D eigenvalue weighted by Crippen LogP contribution is -2.61. The fourth-order valence-corrected chi connectivity index (χ4v) is 8.85. The molecule has 3 fully saturated rings. The number of hydrogen-bond acceptors (Lipinski definition) is 7. The SMILES string of the molecule is CC(C)[C@H](CO)N1C(=O)[C@H]2[C@@H]3C(=O)N[C@H](c4ccccc4)COC(=O)CC/C=C\CN(C4CCCCC4)C(=O)[C@H]1[C@@]21C=C(Br)[C@@H]3O1. The fraction of sp³-hybridized carbons (Fsp3) is 0.600. The summed E-state index contributed by atoms with van der Waals surface area (Å²) < 4.78 is 12.9. The number of esters is 1. The molecule has 5 bridgehead atoms. The second-order valence-corrected chi connectivity index (χ2v) is 14.4. The molecular formula is C35H44BrN3O7. The standard InChI is InChI=1S/C35H44BrN3O7/c1-21(2)26(19-40)39-31-34(44)38(23-14-8-4-9-15-23)17-11-5-10-16-27(41)45-20-25(22-12-6-3-7-13-22)37-32(42)28-29(33(39)43)35(31)18-24(36)30(28)46-35/h3,5-7,11-13,18,21,23,25-26,28-31,40H,4,8-10,14-17,19-20H2,1-2H3,(H,37,42)/b11-5-/t25-,26-,28-,29+,30-,31-,35+/m0/s1. The summed E-state index contributed by atoms with van der Waals surface area (Å²) in [6.07, 6.45) is 10.3. The van der Waals surface area contributed by atoms with Gasteiger partial charge in [-0.2, -0.15) is 0 Å². The highest BCUT2D eigenvalue weighted by molar-refractivity contribution is 9.11. The van der Waals surface area contributed by atoms with E-state index < -0.39 is 47.6 Å². The van der Waals surface area contributed by atoms with Gasteiger partial charge in [0.05, 0.1) is 30.5 Å². The number of rotatable bonds is 5. The molecule has 10 nitrogen and oxygen atoms in total. The van der Waals surface area contributed by atoms with Crippen molar-refractivity contribution in [1.82, 2.24) is 15.1 Å². The molecule has 2 N–H and O–H groups in total. The molecule has 2 saturated heterocycles. The van der Waals surface area contributed by atoms with Gasteiger partial charge in [0.15, 0.2) is 0 Å². The highest BCUT2D eigenvalue weighted by Gasteiger charge is 2.75. The summed E-state index contributed by atoms with van der Waals surface area (Å²) in [5, 5.41) is 13.7. The van der Waals surface area contributed by atoms with Gasteiger partial charge in [-0.15, -0.1) is 0 Å². The molecule has 1 aromatic rings. The minimum absolute atomic E-state index is 0.0197. The zero-order valence-corrected chi connectivity index (χ0v) is 28.1. The minimum atomic E-state index is -1.39. The first-order chi connectivity index (χ1) is 22.2. The van der Waals surface area contributed by atoms with Crippen molar-refractivity contribution < 1.29 is 33.8 Å². The van der Waals surface area contributed by atoms with Crippen LogP contribution in [0.1, 0.15) is 70.4 Å². The second kappa shape index (κ2) is 13.6. The normalized spacial score (nSPS) is 33.9. The highest BCUT2D eigenvalue weighted by Crippen LogP contribution is 2.59. The third-order valence-corrected chi connectivity index (χ3v) is 11.1. The molecule has 11 heteroatoms. The molecule has 1 aliphatic carbocycles. The van der Waals surface area contributed by atoms with Crippen molar-refractivity contribution >= 4 is 39.6 Å². The number of carbonyl (C=O) groups excluding carboxylic acids is 4. The van der Waals surface area contributed by atoms with Crippen LogP contribution >= 0.6 is 15.9 Å². The highest BCUT2D eigenvalue weighted by atomic mass is 79.9. The van der Waals surface area contributed by atoms with Crippen molar-refractivity contribution in [1.29, 1.82) is 0 Å². The summed E-state index contributed by atoms with van der Waals surface area (Å²) in [4.78, 5) is 60.1. The largest absolute Gasteiger partial charge is 0.463 e. The molecule has 3 amide bonds. The summed E-state index contributed by atoms with van der Waals surface area (Å²) in [6.45, 7) is 3.76. The predicted octanol–water partition coefficient (Wildman–Crippen LogP) is 3.79. The molecule has 5 aliphatic rings. The Morgan fingerprint density at radius 3 is 2.48 bits per heavy atom. The zero-order chi connectivity index (χ0) is 32.6. The number of fused-ring (bicyclic) bond motifs is 2. The molecule has 4 aliphatic heterocycles. The number of aliphatic hydroxyl groups excluding tert-OH is 1. The van der Waals surface area contributed by atoms with Crippen molar-refractivity contribution in [3.8, 4) is 0 Å². The average molecular weight is 699 g/mol. The molecule has 0 radical (unpaired) electrons. The lowest BCUT2D eigenvalue weighted by Gasteiger charge is -2.42. The summed E-state index contributed by atoms with van der Waals surface area (Å²) in [7, 11) is 0. The van der Waals surface area contributed by atoms with E-state index in [2.05, 4.69) is 21.2 Å². The van der Waals surface area contributed by atoms with E-state index in [0.29, 0.717) is 17.4 Å². The maximum atomic E-state index is 15.0. The van der Waals surface area contributed by atoms with Gasteiger partial charge in [-0.05, 0) is 36.8 Å². The molecule has 248 valence electrons. The van der Waals surface area contributed by atoms with Crippen molar-refractivity contribution in [2.45, 2.75) is 94.7 Å². The van der Waals surface area contributed by atoms with Crippen LogP contribution < -0.4 is 5.32 Å². The Balaban J connectivity index is 1.46. The molecule has 0 aromatic heterocycles. The van der Waals surface area contributed by atoms with Crippen LogP contribution in [0.3, 0.4) is 0 Å². The van der Waals surface area contributed by atoms with Gasteiger partial charge in [-0.25, -0.2) is 0 Å². The van der Waals surface area contributed by atoms with E-state index in [4.69, 9.17) is 9.47 Å². The molecule has 0 unspecified atom stereocenters. The summed E-state index contributed by atoms with van der Waals surface area (Å²) in [5.74, 6) is -3.49. The van der Waals surface area contributed by atoms with E-state index in [0.717, 1.165) is 37.7 Å². The molecule has 1 spiro atoms. The first-order valence-corrected chi connectivity index (χ1v) is 17.4. The van der Waals surface area contributed by atoms with Crippen LogP contribution in [0.2, 0.25) is 0 Å². The Hall–Kier alpha value is -3.02. The molecule has 1 aromatic carbocycles.